The largest absolute Gasteiger partial charge is 0.310 e. The first-order valence-corrected chi connectivity index (χ1v) is 5.62. The van der Waals surface area contributed by atoms with Gasteiger partial charge in [-0.25, -0.2) is 4.39 Å². The van der Waals surface area contributed by atoms with E-state index >= 15 is 0 Å². The predicted molar refractivity (Wildman–Crippen MR) is 62.3 cm³/mol. The monoisotopic (exact) mass is 209 g/mol. The van der Waals surface area contributed by atoms with Crippen molar-refractivity contribution in [1.29, 1.82) is 0 Å². The fourth-order valence-corrected chi connectivity index (χ4v) is 1.64. The smallest absolute Gasteiger partial charge is 0.126 e. The van der Waals surface area contributed by atoms with Crippen molar-refractivity contribution >= 4 is 0 Å². The Bertz CT molecular complexity index is 309. The lowest BCUT2D eigenvalue weighted by Crippen LogP contribution is -2.25. The highest BCUT2D eigenvalue weighted by molar-refractivity contribution is 5.23. The molecule has 0 aliphatic carbocycles. The van der Waals surface area contributed by atoms with Crippen LogP contribution in [0, 0.1) is 12.7 Å². The number of nitrogens with one attached hydrogen (secondary N) is 1. The van der Waals surface area contributed by atoms with Crippen LogP contribution in [0.3, 0.4) is 0 Å². The zero-order chi connectivity index (χ0) is 11.3. The highest BCUT2D eigenvalue weighted by Gasteiger charge is 2.01. The summed E-state index contributed by atoms with van der Waals surface area (Å²) in [6.45, 7) is 6.98. The molecule has 0 radical (unpaired) electrons. The third-order valence-electron chi connectivity index (χ3n) is 2.60. The van der Waals surface area contributed by atoms with Crippen LogP contribution in [0.5, 0.6) is 0 Å². The maximum atomic E-state index is 13.0. The molecule has 0 saturated carbocycles. The molecule has 1 aromatic carbocycles. The minimum Gasteiger partial charge on any atom is -0.310 e. The number of halogens is 1. The average Bonchev–Trinajstić information content (AvgIpc) is 2.20. The van der Waals surface area contributed by atoms with E-state index in [0.29, 0.717) is 6.04 Å². The topological polar surface area (TPSA) is 12.0 Å². The van der Waals surface area contributed by atoms with Gasteiger partial charge in [0.05, 0.1) is 0 Å². The van der Waals surface area contributed by atoms with Crippen LogP contribution in [-0.2, 0) is 6.54 Å². The number of benzene rings is 1. The lowest BCUT2D eigenvalue weighted by Gasteiger charge is -2.12. The first-order valence-electron chi connectivity index (χ1n) is 5.62. The van der Waals surface area contributed by atoms with Crippen molar-refractivity contribution in [2.45, 2.75) is 46.2 Å². The molecule has 1 nitrogen and oxygen atoms in total. The van der Waals surface area contributed by atoms with Gasteiger partial charge in [-0.1, -0.05) is 25.5 Å². The Morgan fingerprint density at radius 1 is 1.40 bits per heavy atom. The number of hydrogen-bond donors (Lipinski definition) is 1. The molecule has 1 unspecified atom stereocenters. The van der Waals surface area contributed by atoms with Crippen LogP contribution < -0.4 is 5.32 Å². The van der Waals surface area contributed by atoms with E-state index in [1.165, 1.54) is 18.9 Å². The Morgan fingerprint density at radius 3 is 2.73 bits per heavy atom. The molecule has 0 spiro atoms. The Kier molecular flexibility index (Phi) is 4.76. The summed E-state index contributed by atoms with van der Waals surface area (Å²) in [4.78, 5) is 0. The number of rotatable bonds is 5. The van der Waals surface area contributed by atoms with Gasteiger partial charge in [0.1, 0.15) is 5.82 Å². The number of aryl methyl sites for hydroxylation is 1. The standard InChI is InChI=1S/C13H20FN/c1-4-5-11(3)15-9-12-6-7-13(14)10(2)8-12/h6-8,11,15H,4-5,9H2,1-3H3. The van der Waals surface area contributed by atoms with Crippen molar-refractivity contribution in [2.24, 2.45) is 0 Å². The quantitative estimate of drug-likeness (QED) is 0.783. The van der Waals surface area contributed by atoms with Crippen LogP contribution in [-0.4, -0.2) is 6.04 Å². The summed E-state index contributed by atoms with van der Waals surface area (Å²) >= 11 is 0. The molecule has 0 fully saturated rings. The Morgan fingerprint density at radius 2 is 2.13 bits per heavy atom. The molecular formula is C13H20FN. The highest BCUT2D eigenvalue weighted by Crippen LogP contribution is 2.09. The second-order valence-electron chi connectivity index (χ2n) is 4.15. The molecule has 1 N–H and O–H groups in total. The summed E-state index contributed by atoms with van der Waals surface area (Å²) < 4.78 is 13.0. The van der Waals surface area contributed by atoms with Crippen LogP contribution in [0.2, 0.25) is 0 Å². The van der Waals surface area contributed by atoms with E-state index in [4.69, 9.17) is 0 Å². The number of hydrogen-bond acceptors (Lipinski definition) is 1. The Balaban J connectivity index is 2.47. The van der Waals surface area contributed by atoms with Gasteiger partial charge in [0.15, 0.2) is 0 Å². The molecule has 15 heavy (non-hydrogen) atoms. The van der Waals surface area contributed by atoms with E-state index < -0.39 is 0 Å². The molecule has 0 amide bonds. The third-order valence-corrected chi connectivity index (χ3v) is 2.60. The molecule has 2 heteroatoms. The van der Waals surface area contributed by atoms with E-state index in [0.717, 1.165) is 17.7 Å². The molecule has 1 aromatic rings. The van der Waals surface area contributed by atoms with Gasteiger partial charge in [0, 0.05) is 12.6 Å². The van der Waals surface area contributed by atoms with Gasteiger partial charge in [-0.15, -0.1) is 0 Å². The molecule has 0 aromatic heterocycles. The molecule has 84 valence electrons. The Labute approximate surface area is 91.7 Å². The van der Waals surface area contributed by atoms with Gasteiger partial charge in [-0.05, 0) is 37.5 Å². The SMILES string of the molecule is CCCC(C)NCc1ccc(F)c(C)c1. The lowest BCUT2D eigenvalue weighted by molar-refractivity contribution is 0.508. The maximum absolute atomic E-state index is 13.0. The lowest BCUT2D eigenvalue weighted by atomic mass is 10.1. The summed E-state index contributed by atoms with van der Waals surface area (Å²) in [6, 6.07) is 5.81. The summed E-state index contributed by atoms with van der Waals surface area (Å²) in [7, 11) is 0. The molecular weight excluding hydrogens is 189 g/mol. The predicted octanol–water partition coefficient (Wildman–Crippen LogP) is 3.41. The first-order chi connectivity index (χ1) is 7.13. The van der Waals surface area contributed by atoms with Crippen LogP contribution in [0.4, 0.5) is 4.39 Å². The fourth-order valence-electron chi connectivity index (χ4n) is 1.64. The van der Waals surface area contributed by atoms with E-state index in [1.54, 1.807) is 6.92 Å². The van der Waals surface area contributed by atoms with E-state index in [9.17, 15) is 4.39 Å². The molecule has 1 rings (SSSR count). The van der Waals surface area contributed by atoms with E-state index in [-0.39, 0.29) is 5.82 Å². The van der Waals surface area contributed by atoms with Crippen molar-refractivity contribution in [1.82, 2.24) is 5.32 Å². The summed E-state index contributed by atoms with van der Waals surface area (Å²) in [5.74, 6) is -0.125. The van der Waals surface area contributed by atoms with Crippen molar-refractivity contribution < 1.29 is 4.39 Å². The van der Waals surface area contributed by atoms with Gasteiger partial charge < -0.3 is 5.32 Å². The summed E-state index contributed by atoms with van der Waals surface area (Å²) in [5.41, 5.74) is 1.87. The van der Waals surface area contributed by atoms with E-state index in [2.05, 4.69) is 19.2 Å². The van der Waals surface area contributed by atoms with Gasteiger partial charge >= 0.3 is 0 Å². The molecule has 0 aliphatic rings. The first kappa shape index (κ1) is 12.2. The summed E-state index contributed by atoms with van der Waals surface area (Å²) in [6.07, 6.45) is 2.37. The molecule has 0 heterocycles. The zero-order valence-electron chi connectivity index (χ0n) is 9.81. The second kappa shape index (κ2) is 5.86. The van der Waals surface area contributed by atoms with Gasteiger partial charge in [0.2, 0.25) is 0 Å². The fraction of sp³-hybridized carbons (Fsp3) is 0.538. The average molecular weight is 209 g/mol. The molecule has 0 saturated heterocycles. The van der Waals surface area contributed by atoms with E-state index in [1.807, 2.05) is 12.1 Å². The third kappa shape index (κ3) is 4.00. The van der Waals surface area contributed by atoms with Crippen molar-refractivity contribution in [3.63, 3.8) is 0 Å². The Hall–Kier alpha value is -0.890. The van der Waals surface area contributed by atoms with Crippen molar-refractivity contribution in [3.8, 4) is 0 Å². The maximum Gasteiger partial charge on any atom is 0.126 e. The van der Waals surface area contributed by atoms with Crippen LogP contribution in [0.25, 0.3) is 0 Å². The van der Waals surface area contributed by atoms with Crippen LogP contribution in [0.15, 0.2) is 18.2 Å². The summed E-state index contributed by atoms with van der Waals surface area (Å²) in [5, 5.41) is 3.42. The molecule has 0 aliphatic heterocycles. The normalized spacial score (nSPS) is 12.8. The van der Waals surface area contributed by atoms with Gasteiger partial charge in [-0.2, -0.15) is 0 Å². The van der Waals surface area contributed by atoms with Crippen LogP contribution >= 0.6 is 0 Å². The highest BCUT2D eigenvalue weighted by atomic mass is 19.1. The minimum absolute atomic E-state index is 0.125. The van der Waals surface area contributed by atoms with Crippen molar-refractivity contribution in [3.05, 3.63) is 35.1 Å². The van der Waals surface area contributed by atoms with Gasteiger partial charge in [0.25, 0.3) is 0 Å². The zero-order valence-corrected chi connectivity index (χ0v) is 9.81. The molecule has 0 bridgehead atoms. The second-order valence-corrected chi connectivity index (χ2v) is 4.15. The van der Waals surface area contributed by atoms with Gasteiger partial charge in [-0.3, -0.25) is 0 Å². The minimum atomic E-state index is -0.125. The molecule has 1 atom stereocenters. The van der Waals surface area contributed by atoms with Crippen LogP contribution in [0.1, 0.15) is 37.8 Å². The van der Waals surface area contributed by atoms with Crippen molar-refractivity contribution in [2.75, 3.05) is 0 Å².